The summed E-state index contributed by atoms with van der Waals surface area (Å²) in [6, 6.07) is 56.5. The summed E-state index contributed by atoms with van der Waals surface area (Å²) >= 11 is 3.60. The van der Waals surface area contributed by atoms with Crippen molar-refractivity contribution in [2.24, 2.45) is 0 Å². The number of fused-ring (bicyclic) bond motifs is 2. The fraction of sp³-hybridized carbons (Fsp3) is 0. The molecule has 0 heterocycles. The molecule has 0 aromatic heterocycles. The largest absolute Gasteiger partial charge is 0.311 e. The Bertz CT molecular complexity index is 1930. The smallest absolute Gasteiger partial charge is 0.0462 e. The quantitative estimate of drug-likeness (QED) is 0.197. The summed E-state index contributed by atoms with van der Waals surface area (Å²) in [5.41, 5.74) is 8.23. The Morgan fingerprint density at radius 2 is 0.900 bits per heavy atom. The summed E-state index contributed by atoms with van der Waals surface area (Å²) in [5, 5.41) is 5.04. The van der Waals surface area contributed by atoms with Gasteiger partial charge in [0.05, 0.1) is 0 Å². The van der Waals surface area contributed by atoms with Gasteiger partial charge >= 0.3 is 0 Å². The standard InChI is InChI=1S/C38H26BrN/c39-33-18-24-36(25-19-33)40(34-20-14-28(15-21-34)32-13-12-27-6-1-2-8-31(27)26-32)35-22-16-30(17-23-35)38-11-5-9-29-7-3-4-10-37(29)38/h1-26H. The number of rotatable bonds is 5. The number of nitrogens with zero attached hydrogens (tertiary/aromatic N) is 1. The van der Waals surface area contributed by atoms with Crippen molar-refractivity contribution in [3.05, 3.63) is 162 Å². The van der Waals surface area contributed by atoms with Crippen molar-refractivity contribution in [2.45, 2.75) is 0 Å². The van der Waals surface area contributed by atoms with E-state index in [-0.39, 0.29) is 0 Å². The summed E-state index contributed by atoms with van der Waals surface area (Å²) in [6.07, 6.45) is 0. The van der Waals surface area contributed by atoms with E-state index in [9.17, 15) is 0 Å². The van der Waals surface area contributed by atoms with Gasteiger partial charge in [0.2, 0.25) is 0 Å². The lowest BCUT2D eigenvalue weighted by molar-refractivity contribution is 1.28. The van der Waals surface area contributed by atoms with Gasteiger partial charge in [-0.1, -0.05) is 119 Å². The van der Waals surface area contributed by atoms with E-state index >= 15 is 0 Å². The van der Waals surface area contributed by atoms with Crippen LogP contribution in [0.2, 0.25) is 0 Å². The maximum atomic E-state index is 3.60. The molecule has 0 bridgehead atoms. The number of halogens is 1. The van der Waals surface area contributed by atoms with Crippen LogP contribution < -0.4 is 4.90 Å². The topological polar surface area (TPSA) is 3.24 Å². The second-order valence-corrected chi connectivity index (χ2v) is 10.9. The van der Waals surface area contributed by atoms with Gasteiger partial charge in [-0.25, -0.2) is 0 Å². The van der Waals surface area contributed by atoms with Gasteiger partial charge in [0.25, 0.3) is 0 Å². The van der Waals surface area contributed by atoms with Gasteiger partial charge in [-0.15, -0.1) is 0 Å². The molecule has 0 aliphatic carbocycles. The molecule has 7 aromatic rings. The average Bonchev–Trinajstić information content (AvgIpc) is 3.02. The van der Waals surface area contributed by atoms with Crippen LogP contribution in [0, 0.1) is 0 Å². The molecule has 7 aromatic carbocycles. The molecule has 0 saturated heterocycles. The van der Waals surface area contributed by atoms with E-state index in [4.69, 9.17) is 0 Å². The van der Waals surface area contributed by atoms with Crippen molar-refractivity contribution < 1.29 is 0 Å². The normalized spacial score (nSPS) is 11.1. The summed E-state index contributed by atoms with van der Waals surface area (Å²) in [7, 11) is 0. The molecule has 190 valence electrons. The van der Waals surface area contributed by atoms with Gasteiger partial charge in [0, 0.05) is 21.5 Å². The van der Waals surface area contributed by atoms with Gasteiger partial charge in [-0.3, -0.25) is 0 Å². The molecule has 0 fully saturated rings. The van der Waals surface area contributed by atoms with E-state index < -0.39 is 0 Å². The molecular formula is C38H26BrN. The molecular weight excluding hydrogens is 550 g/mol. The molecule has 0 aliphatic rings. The first-order valence-electron chi connectivity index (χ1n) is 13.5. The van der Waals surface area contributed by atoms with E-state index in [0.29, 0.717) is 0 Å². The highest BCUT2D eigenvalue weighted by molar-refractivity contribution is 9.10. The molecule has 0 aliphatic heterocycles. The van der Waals surface area contributed by atoms with E-state index in [2.05, 4.69) is 179 Å². The predicted molar refractivity (Wildman–Crippen MR) is 175 cm³/mol. The van der Waals surface area contributed by atoms with Crippen molar-refractivity contribution in [1.29, 1.82) is 0 Å². The van der Waals surface area contributed by atoms with Gasteiger partial charge < -0.3 is 4.90 Å². The predicted octanol–water partition coefficient (Wildman–Crippen LogP) is 11.6. The van der Waals surface area contributed by atoms with Crippen LogP contribution in [0.1, 0.15) is 0 Å². The van der Waals surface area contributed by atoms with E-state index in [1.54, 1.807) is 0 Å². The highest BCUT2D eigenvalue weighted by Gasteiger charge is 2.14. The highest BCUT2D eigenvalue weighted by Crippen LogP contribution is 2.38. The Labute approximate surface area is 243 Å². The zero-order valence-electron chi connectivity index (χ0n) is 21.8. The summed E-state index contributed by atoms with van der Waals surface area (Å²) in [6.45, 7) is 0. The SMILES string of the molecule is Brc1ccc(N(c2ccc(-c3ccc4ccccc4c3)cc2)c2ccc(-c3cccc4ccccc34)cc2)cc1. The molecule has 0 amide bonds. The first-order chi connectivity index (χ1) is 19.7. The van der Waals surface area contributed by atoms with Gasteiger partial charge in [-0.05, 0) is 98.4 Å². The van der Waals surface area contributed by atoms with Crippen LogP contribution in [0.25, 0.3) is 43.8 Å². The van der Waals surface area contributed by atoms with Crippen LogP contribution in [-0.4, -0.2) is 0 Å². The Morgan fingerprint density at radius 3 is 1.60 bits per heavy atom. The third-order valence-electron chi connectivity index (χ3n) is 7.52. The summed E-state index contributed by atoms with van der Waals surface area (Å²) in [4.78, 5) is 2.31. The van der Waals surface area contributed by atoms with Crippen molar-refractivity contribution in [1.82, 2.24) is 0 Å². The maximum absolute atomic E-state index is 3.60. The van der Waals surface area contributed by atoms with Crippen LogP contribution in [0.3, 0.4) is 0 Å². The van der Waals surface area contributed by atoms with Gasteiger partial charge in [0.1, 0.15) is 0 Å². The fourth-order valence-corrected chi connectivity index (χ4v) is 5.74. The monoisotopic (exact) mass is 575 g/mol. The van der Waals surface area contributed by atoms with Gasteiger partial charge in [-0.2, -0.15) is 0 Å². The van der Waals surface area contributed by atoms with Crippen LogP contribution in [-0.2, 0) is 0 Å². The minimum Gasteiger partial charge on any atom is -0.311 e. The zero-order valence-corrected chi connectivity index (χ0v) is 23.4. The van der Waals surface area contributed by atoms with Crippen molar-refractivity contribution in [3.63, 3.8) is 0 Å². The molecule has 1 nitrogen and oxygen atoms in total. The number of hydrogen-bond donors (Lipinski definition) is 0. The van der Waals surface area contributed by atoms with Crippen LogP contribution in [0.5, 0.6) is 0 Å². The first kappa shape index (κ1) is 24.4. The van der Waals surface area contributed by atoms with Crippen molar-refractivity contribution in [3.8, 4) is 22.3 Å². The molecule has 0 atom stereocenters. The third kappa shape index (κ3) is 4.68. The van der Waals surface area contributed by atoms with E-state index in [1.807, 2.05) is 0 Å². The van der Waals surface area contributed by atoms with Crippen molar-refractivity contribution >= 4 is 54.5 Å². The van der Waals surface area contributed by atoms with Gasteiger partial charge in [0.15, 0.2) is 0 Å². The minimum absolute atomic E-state index is 1.06. The van der Waals surface area contributed by atoms with E-state index in [1.165, 1.54) is 43.8 Å². The van der Waals surface area contributed by atoms with Crippen LogP contribution in [0.4, 0.5) is 17.1 Å². The minimum atomic E-state index is 1.06. The Balaban J connectivity index is 1.27. The Morgan fingerprint density at radius 1 is 0.375 bits per heavy atom. The Hall–Kier alpha value is -4.66. The summed E-state index contributed by atoms with van der Waals surface area (Å²) < 4.78 is 1.06. The van der Waals surface area contributed by atoms with E-state index in [0.717, 1.165) is 21.5 Å². The number of anilines is 3. The number of benzene rings is 7. The summed E-state index contributed by atoms with van der Waals surface area (Å²) in [5.74, 6) is 0. The number of hydrogen-bond acceptors (Lipinski definition) is 1. The molecule has 0 N–H and O–H groups in total. The molecule has 0 unspecified atom stereocenters. The molecule has 7 rings (SSSR count). The zero-order chi connectivity index (χ0) is 26.9. The third-order valence-corrected chi connectivity index (χ3v) is 8.05. The molecule has 2 heteroatoms. The lowest BCUT2D eigenvalue weighted by atomic mass is 9.98. The molecule has 0 saturated carbocycles. The molecule has 0 radical (unpaired) electrons. The highest BCUT2D eigenvalue weighted by atomic mass is 79.9. The Kier molecular flexibility index (Phi) is 6.39. The van der Waals surface area contributed by atoms with Crippen LogP contribution >= 0.6 is 15.9 Å². The van der Waals surface area contributed by atoms with Crippen LogP contribution in [0.15, 0.2) is 162 Å². The molecule has 0 spiro atoms. The first-order valence-corrected chi connectivity index (χ1v) is 14.3. The second-order valence-electron chi connectivity index (χ2n) is 9.99. The lowest BCUT2D eigenvalue weighted by Gasteiger charge is -2.26. The second kappa shape index (κ2) is 10.5. The average molecular weight is 577 g/mol. The van der Waals surface area contributed by atoms with Crippen molar-refractivity contribution in [2.75, 3.05) is 4.90 Å². The lowest BCUT2D eigenvalue weighted by Crippen LogP contribution is -2.09. The fourth-order valence-electron chi connectivity index (χ4n) is 5.48. The molecule has 40 heavy (non-hydrogen) atoms. The maximum Gasteiger partial charge on any atom is 0.0462 e.